The molecule has 7 heteroatoms. The highest BCUT2D eigenvalue weighted by atomic mass is 19.1. The number of phenols is 1. The van der Waals surface area contributed by atoms with Crippen LogP contribution in [-0.4, -0.2) is 23.5 Å². The van der Waals surface area contributed by atoms with Crippen LogP contribution in [0.1, 0.15) is 45.7 Å². The smallest absolute Gasteiger partial charge is 0.253 e. The van der Waals surface area contributed by atoms with Gasteiger partial charge in [0.15, 0.2) is 0 Å². The van der Waals surface area contributed by atoms with Crippen LogP contribution in [0.5, 0.6) is 5.75 Å². The lowest BCUT2D eigenvalue weighted by atomic mass is 9.99. The predicted octanol–water partition coefficient (Wildman–Crippen LogP) is 5.02. The van der Waals surface area contributed by atoms with Crippen molar-refractivity contribution in [2.75, 3.05) is 6.54 Å². The number of hydrogen-bond acceptors (Lipinski definition) is 4. The van der Waals surface area contributed by atoms with Crippen molar-refractivity contribution in [3.8, 4) is 17.1 Å². The van der Waals surface area contributed by atoms with E-state index < -0.39 is 11.7 Å². The van der Waals surface area contributed by atoms with Crippen LogP contribution in [0.25, 0.3) is 22.3 Å². The molecule has 0 aliphatic heterocycles. The van der Waals surface area contributed by atoms with Crippen LogP contribution in [-0.2, 0) is 6.42 Å². The molecule has 174 valence electrons. The maximum absolute atomic E-state index is 13.3. The third kappa shape index (κ3) is 4.93. The molecule has 34 heavy (non-hydrogen) atoms. The van der Waals surface area contributed by atoms with Crippen molar-refractivity contribution < 1.29 is 23.5 Å². The zero-order valence-electron chi connectivity index (χ0n) is 18.9. The standard InChI is InChI=1S/C27H25FN2O4/c1-15(2)14-30-27(33)19-10-17(11-21(31)13-19)9-16-3-8-23-22(12-16)24(26(29)32)25(34-23)18-4-6-20(28)7-5-18/h3-8,10-13,15,31H,9,14H2,1-2H3,(H2,29,32)(H,30,33). The largest absolute Gasteiger partial charge is 0.508 e. The second kappa shape index (κ2) is 9.39. The molecule has 4 aromatic rings. The fourth-order valence-corrected chi connectivity index (χ4v) is 3.85. The molecule has 0 saturated heterocycles. The molecule has 1 heterocycles. The maximum Gasteiger partial charge on any atom is 0.253 e. The van der Waals surface area contributed by atoms with Gasteiger partial charge < -0.3 is 20.6 Å². The van der Waals surface area contributed by atoms with Crippen molar-refractivity contribution in [2.45, 2.75) is 20.3 Å². The summed E-state index contributed by atoms with van der Waals surface area (Å²) in [7, 11) is 0. The van der Waals surface area contributed by atoms with Gasteiger partial charge in [0.05, 0.1) is 5.56 Å². The van der Waals surface area contributed by atoms with Crippen LogP contribution >= 0.6 is 0 Å². The zero-order chi connectivity index (χ0) is 24.4. The Morgan fingerprint density at radius 2 is 1.76 bits per heavy atom. The van der Waals surface area contributed by atoms with Crippen LogP contribution in [0.3, 0.4) is 0 Å². The number of hydrogen-bond donors (Lipinski definition) is 3. The average molecular weight is 461 g/mol. The molecule has 0 unspecified atom stereocenters. The fourth-order valence-electron chi connectivity index (χ4n) is 3.85. The highest BCUT2D eigenvalue weighted by molar-refractivity contribution is 6.10. The topological polar surface area (TPSA) is 106 Å². The number of phenolic OH excluding ortho intramolecular Hbond substituents is 1. The van der Waals surface area contributed by atoms with Gasteiger partial charge in [-0.3, -0.25) is 9.59 Å². The Kier molecular flexibility index (Phi) is 6.36. The Hall–Kier alpha value is -4.13. The number of nitrogens with one attached hydrogen (secondary N) is 1. The first-order valence-corrected chi connectivity index (χ1v) is 10.9. The normalized spacial score (nSPS) is 11.2. The van der Waals surface area contributed by atoms with Gasteiger partial charge in [0.2, 0.25) is 0 Å². The summed E-state index contributed by atoms with van der Waals surface area (Å²) in [6, 6.07) is 15.8. The molecular formula is C27H25FN2O4. The Labute approximate surface area is 196 Å². The van der Waals surface area contributed by atoms with Crippen molar-refractivity contribution in [3.05, 3.63) is 88.7 Å². The van der Waals surface area contributed by atoms with Crippen molar-refractivity contribution in [3.63, 3.8) is 0 Å². The van der Waals surface area contributed by atoms with E-state index in [1.54, 1.807) is 24.3 Å². The van der Waals surface area contributed by atoms with Gasteiger partial charge in [0, 0.05) is 23.1 Å². The van der Waals surface area contributed by atoms with Gasteiger partial charge in [0.1, 0.15) is 22.9 Å². The van der Waals surface area contributed by atoms with E-state index in [1.807, 2.05) is 19.9 Å². The van der Waals surface area contributed by atoms with Crippen LogP contribution in [0.4, 0.5) is 4.39 Å². The summed E-state index contributed by atoms with van der Waals surface area (Å²) in [5.41, 5.74) is 8.84. The van der Waals surface area contributed by atoms with Crippen LogP contribution < -0.4 is 11.1 Å². The summed E-state index contributed by atoms with van der Waals surface area (Å²) in [6.07, 6.45) is 0.407. The molecule has 0 spiro atoms. The lowest BCUT2D eigenvalue weighted by Gasteiger charge is -2.10. The van der Waals surface area contributed by atoms with E-state index in [9.17, 15) is 19.1 Å². The fraction of sp³-hybridized carbons (Fsp3) is 0.185. The van der Waals surface area contributed by atoms with Gasteiger partial charge in [-0.05, 0) is 78.1 Å². The number of aromatic hydroxyl groups is 1. The van der Waals surface area contributed by atoms with Gasteiger partial charge in [0.25, 0.3) is 11.8 Å². The number of furan rings is 1. The van der Waals surface area contributed by atoms with E-state index in [0.29, 0.717) is 41.0 Å². The highest BCUT2D eigenvalue weighted by Gasteiger charge is 2.21. The first-order valence-electron chi connectivity index (χ1n) is 10.9. The summed E-state index contributed by atoms with van der Waals surface area (Å²) in [6.45, 7) is 4.54. The quantitative estimate of drug-likeness (QED) is 0.360. The Balaban J connectivity index is 1.68. The van der Waals surface area contributed by atoms with Crippen molar-refractivity contribution in [2.24, 2.45) is 11.7 Å². The molecule has 3 aromatic carbocycles. The summed E-state index contributed by atoms with van der Waals surface area (Å²) in [5, 5.41) is 13.5. The Bertz CT molecular complexity index is 1370. The first-order chi connectivity index (χ1) is 16.2. The van der Waals surface area contributed by atoms with E-state index in [0.717, 1.165) is 11.1 Å². The van der Waals surface area contributed by atoms with Crippen LogP contribution in [0.15, 0.2) is 65.1 Å². The summed E-state index contributed by atoms with van der Waals surface area (Å²) in [4.78, 5) is 24.7. The number of carbonyl (C=O) groups is 2. The number of amides is 2. The second-order valence-corrected chi connectivity index (χ2v) is 8.68. The number of nitrogens with two attached hydrogens (primary N) is 1. The van der Waals surface area contributed by atoms with Crippen molar-refractivity contribution >= 4 is 22.8 Å². The molecule has 0 radical (unpaired) electrons. The molecular weight excluding hydrogens is 435 g/mol. The molecule has 4 rings (SSSR count). The monoisotopic (exact) mass is 460 g/mol. The third-order valence-corrected chi connectivity index (χ3v) is 5.42. The van der Waals surface area contributed by atoms with E-state index in [1.165, 1.54) is 30.3 Å². The van der Waals surface area contributed by atoms with Crippen molar-refractivity contribution in [1.82, 2.24) is 5.32 Å². The van der Waals surface area contributed by atoms with E-state index >= 15 is 0 Å². The van der Waals surface area contributed by atoms with Gasteiger partial charge >= 0.3 is 0 Å². The molecule has 0 saturated carbocycles. The minimum atomic E-state index is -0.656. The minimum absolute atomic E-state index is 0.00647. The molecule has 0 aliphatic carbocycles. The van der Waals surface area contributed by atoms with Gasteiger partial charge in [-0.25, -0.2) is 4.39 Å². The number of halogens is 1. The Morgan fingerprint density at radius 1 is 1.03 bits per heavy atom. The number of rotatable bonds is 7. The molecule has 4 N–H and O–H groups in total. The summed E-state index contributed by atoms with van der Waals surface area (Å²) in [5.74, 6) is -0.727. The molecule has 0 bridgehead atoms. The first kappa shape index (κ1) is 23.0. The van der Waals surface area contributed by atoms with E-state index in [4.69, 9.17) is 10.2 Å². The molecule has 2 amide bonds. The zero-order valence-corrected chi connectivity index (χ0v) is 18.9. The minimum Gasteiger partial charge on any atom is -0.508 e. The lowest BCUT2D eigenvalue weighted by Crippen LogP contribution is -2.27. The molecule has 6 nitrogen and oxygen atoms in total. The number of primary amides is 1. The van der Waals surface area contributed by atoms with Gasteiger partial charge in [-0.15, -0.1) is 0 Å². The summed E-state index contributed by atoms with van der Waals surface area (Å²) >= 11 is 0. The third-order valence-electron chi connectivity index (χ3n) is 5.42. The molecule has 0 aliphatic rings. The average Bonchev–Trinajstić information content (AvgIpc) is 3.16. The van der Waals surface area contributed by atoms with Crippen LogP contribution in [0.2, 0.25) is 0 Å². The van der Waals surface area contributed by atoms with Crippen molar-refractivity contribution in [1.29, 1.82) is 0 Å². The number of fused-ring (bicyclic) bond motifs is 1. The maximum atomic E-state index is 13.3. The second-order valence-electron chi connectivity index (χ2n) is 8.68. The van der Waals surface area contributed by atoms with Gasteiger partial charge in [-0.1, -0.05) is 19.9 Å². The summed E-state index contributed by atoms with van der Waals surface area (Å²) < 4.78 is 19.2. The molecule has 0 atom stereocenters. The predicted molar refractivity (Wildman–Crippen MR) is 128 cm³/mol. The highest BCUT2D eigenvalue weighted by Crippen LogP contribution is 2.34. The van der Waals surface area contributed by atoms with Crippen LogP contribution in [0, 0.1) is 11.7 Å². The Morgan fingerprint density at radius 3 is 2.44 bits per heavy atom. The van der Waals surface area contributed by atoms with E-state index in [-0.39, 0.29) is 23.0 Å². The number of benzene rings is 3. The van der Waals surface area contributed by atoms with E-state index in [2.05, 4.69) is 5.32 Å². The SMILES string of the molecule is CC(C)CNC(=O)c1cc(O)cc(Cc2ccc3oc(-c4ccc(F)cc4)c(C(N)=O)c3c2)c1. The number of carbonyl (C=O) groups excluding carboxylic acids is 2. The lowest BCUT2D eigenvalue weighted by molar-refractivity contribution is 0.0947. The molecule has 0 fully saturated rings. The molecule has 1 aromatic heterocycles. The van der Waals surface area contributed by atoms with Gasteiger partial charge in [-0.2, -0.15) is 0 Å².